The highest BCUT2D eigenvalue weighted by atomic mass is 16.5. The van der Waals surface area contributed by atoms with Crippen LogP contribution in [0.25, 0.3) is 11.1 Å². The van der Waals surface area contributed by atoms with Gasteiger partial charge in [0.05, 0.1) is 18.4 Å². The van der Waals surface area contributed by atoms with Crippen molar-refractivity contribution >= 4 is 23.7 Å². The predicted octanol–water partition coefficient (Wildman–Crippen LogP) is 4.65. The minimum Gasteiger partial charge on any atom is -0.495 e. The number of methoxy groups -OCH3 is 1. The lowest BCUT2D eigenvalue weighted by Gasteiger charge is -2.17. The van der Waals surface area contributed by atoms with Crippen LogP contribution in [-0.4, -0.2) is 42.8 Å². The molecule has 0 unspecified atom stereocenters. The van der Waals surface area contributed by atoms with Crippen molar-refractivity contribution in [2.45, 2.75) is 25.3 Å². The highest BCUT2D eigenvalue weighted by Gasteiger charge is 2.29. The summed E-state index contributed by atoms with van der Waals surface area (Å²) in [5.74, 6) is -1.24. The van der Waals surface area contributed by atoms with Gasteiger partial charge in [-0.2, -0.15) is 0 Å². The van der Waals surface area contributed by atoms with Crippen LogP contribution in [0.2, 0.25) is 0 Å². The van der Waals surface area contributed by atoms with Gasteiger partial charge in [0.15, 0.2) is 0 Å². The number of anilines is 1. The number of carboxylic acids is 1. The number of hydrogen-bond donors (Lipinski definition) is 3. The van der Waals surface area contributed by atoms with Crippen molar-refractivity contribution in [1.82, 2.24) is 5.32 Å². The summed E-state index contributed by atoms with van der Waals surface area (Å²) in [5, 5.41) is 14.5. The maximum absolute atomic E-state index is 12.5. The third-order valence-electron chi connectivity index (χ3n) is 5.92. The van der Waals surface area contributed by atoms with Crippen molar-refractivity contribution in [3.63, 3.8) is 0 Å². The summed E-state index contributed by atoms with van der Waals surface area (Å²) < 4.78 is 10.7. The van der Waals surface area contributed by atoms with Gasteiger partial charge in [-0.05, 0) is 47.4 Å². The number of carboxylic acid groups (broad SMARTS) is 1. The van der Waals surface area contributed by atoms with E-state index < -0.39 is 24.0 Å². The van der Waals surface area contributed by atoms with Crippen LogP contribution in [0.4, 0.5) is 10.5 Å². The van der Waals surface area contributed by atoms with Gasteiger partial charge in [0, 0.05) is 18.4 Å². The van der Waals surface area contributed by atoms with Crippen molar-refractivity contribution in [3.05, 3.63) is 83.4 Å². The molecule has 4 rings (SSSR count). The van der Waals surface area contributed by atoms with Crippen LogP contribution in [0.3, 0.4) is 0 Å². The van der Waals surface area contributed by atoms with Crippen LogP contribution in [0.15, 0.2) is 66.7 Å². The minimum atomic E-state index is -1.12. The van der Waals surface area contributed by atoms with E-state index in [1.54, 1.807) is 6.92 Å². The van der Waals surface area contributed by atoms with E-state index in [0.29, 0.717) is 5.75 Å². The molecule has 1 aliphatic carbocycles. The number of nitrogens with one attached hydrogen (secondary N) is 2. The van der Waals surface area contributed by atoms with Crippen LogP contribution in [-0.2, 0) is 9.53 Å². The molecule has 8 heteroatoms. The van der Waals surface area contributed by atoms with Crippen LogP contribution < -0.4 is 15.4 Å². The molecule has 3 aromatic carbocycles. The standard InChI is InChI=1S/C27H26N2O6/c1-16(13-25(30)29-23-14-17(26(31)32)11-12-24(23)34-2)28-27(33)35-15-22-20-9-5-3-7-18(20)19-8-4-6-10-21(19)22/h3-12,14,16,22H,13,15H2,1-2H3,(H,28,33)(H,29,30)(H,31,32)/t16-/m1/s1. The van der Waals surface area contributed by atoms with Crippen molar-refractivity contribution in [2.75, 3.05) is 19.0 Å². The summed E-state index contributed by atoms with van der Waals surface area (Å²) >= 11 is 0. The Labute approximate surface area is 202 Å². The molecule has 35 heavy (non-hydrogen) atoms. The van der Waals surface area contributed by atoms with Gasteiger partial charge in [0.25, 0.3) is 0 Å². The van der Waals surface area contributed by atoms with Crippen LogP contribution in [0, 0.1) is 0 Å². The Kier molecular flexibility index (Phi) is 7.01. The molecule has 0 spiro atoms. The van der Waals surface area contributed by atoms with E-state index >= 15 is 0 Å². The second-order valence-electron chi connectivity index (χ2n) is 8.34. The Morgan fingerprint density at radius 2 is 1.60 bits per heavy atom. The lowest BCUT2D eigenvalue weighted by molar-refractivity contribution is -0.116. The molecular weight excluding hydrogens is 448 g/mol. The first-order valence-electron chi connectivity index (χ1n) is 11.2. The van der Waals surface area contributed by atoms with E-state index in [2.05, 4.69) is 22.8 Å². The summed E-state index contributed by atoms with van der Waals surface area (Å²) in [5.41, 5.74) is 4.78. The average Bonchev–Trinajstić information content (AvgIpc) is 3.16. The van der Waals surface area contributed by atoms with Crippen molar-refractivity contribution in [2.24, 2.45) is 0 Å². The summed E-state index contributed by atoms with van der Waals surface area (Å²) in [6.45, 7) is 1.86. The van der Waals surface area contributed by atoms with Crippen molar-refractivity contribution < 1.29 is 29.0 Å². The molecule has 0 bridgehead atoms. The molecule has 180 valence electrons. The molecule has 3 aromatic rings. The lowest BCUT2D eigenvalue weighted by Crippen LogP contribution is -2.36. The van der Waals surface area contributed by atoms with E-state index in [1.807, 2.05) is 36.4 Å². The van der Waals surface area contributed by atoms with Crippen LogP contribution in [0.1, 0.15) is 40.7 Å². The number of ether oxygens (including phenoxy) is 2. The number of carbonyl (C=O) groups excluding carboxylic acids is 2. The molecule has 3 N–H and O–H groups in total. The molecule has 0 fully saturated rings. The zero-order valence-electron chi connectivity index (χ0n) is 19.4. The minimum absolute atomic E-state index is 0.0194. The van der Waals surface area contributed by atoms with Gasteiger partial charge in [-0.25, -0.2) is 9.59 Å². The van der Waals surface area contributed by atoms with E-state index in [0.717, 1.165) is 22.3 Å². The number of hydrogen-bond acceptors (Lipinski definition) is 5. The number of carbonyl (C=O) groups is 3. The molecule has 0 saturated heterocycles. The Morgan fingerprint density at radius 1 is 0.971 bits per heavy atom. The third kappa shape index (κ3) is 5.27. The first-order valence-corrected chi connectivity index (χ1v) is 11.2. The second kappa shape index (κ2) is 10.3. The SMILES string of the molecule is COc1ccc(C(=O)O)cc1NC(=O)C[C@@H](C)NC(=O)OCC1c2ccccc2-c2ccccc21. The molecule has 1 aliphatic rings. The van der Waals surface area contributed by atoms with E-state index in [9.17, 15) is 19.5 Å². The maximum Gasteiger partial charge on any atom is 0.407 e. The first-order chi connectivity index (χ1) is 16.9. The molecule has 0 heterocycles. The summed E-state index contributed by atoms with van der Waals surface area (Å²) in [7, 11) is 1.42. The molecule has 0 radical (unpaired) electrons. The van der Waals surface area contributed by atoms with Gasteiger partial charge >= 0.3 is 12.1 Å². The fourth-order valence-corrected chi connectivity index (χ4v) is 4.31. The largest absolute Gasteiger partial charge is 0.495 e. The first kappa shape index (κ1) is 23.8. The topological polar surface area (TPSA) is 114 Å². The zero-order chi connectivity index (χ0) is 24.9. The Hall–Kier alpha value is -4.33. The van der Waals surface area contributed by atoms with Crippen LogP contribution >= 0.6 is 0 Å². The molecule has 0 aliphatic heterocycles. The smallest absolute Gasteiger partial charge is 0.407 e. The normalized spacial score (nSPS) is 12.7. The number of amides is 2. The Balaban J connectivity index is 1.32. The van der Waals surface area contributed by atoms with Crippen molar-refractivity contribution in [1.29, 1.82) is 0 Å². The van der Waals surface area contributed by atoms with Gasteiger partial charge in [-0.15, -0.1) is 0 Å². The van der Waals surface area contributed by atoms with Gasteiger partial charge in [-0.3, -0.25) is 4.79 Å². The number of benzene rings is 3. The third-order valence-corrected chi connectivity index (χ3v) is 5.92. The molecule has 0 aromatic heterocycles. The second-order valence-corrected chi connectivity index (χ2v) is 8.34. The molecular formula is C27H26N2O6. The van der Waals surface area contributed by atoms with Gasteiger partial charge in [-0.1, -0.05) is 48.5 Å². The predicted molar refractivity (Wildman–Crippen MR) is 131 cm³/mol. The highest BCUT2D eigenvalue weighted by molar-refractivity contribution is 5.96. The quantitative estimate of drug-likeness (QED) is 0.438. The number of alkyl carbamates (subject to hydrolysis) is 1. The number of rotatable bonds is 8. The van der Waals surface area contributed by atoms with E-state index in [4.69, 9.17) is 9.47 Å². The Morgan fingerprint density at radius 3 is 2.20 bits per heavy atom. The fraction of sp³-hybridized carbons (Fsp3) is 0.222. The van der Waals surface area contributed by atoms with Gasteiger partial charge in [0.2, 0.25) is 5.91 Å². The summed E-state index contributed by atoms with van der Waals surface area (Å²) in [4.78, 5) is 36.1. The Bertz CT molecular complexity index is 1230. The fourth-order valence-electron chi connectivity index (χ4n) is 4.31. The molecule has 0 saturated carbocycles. The number of fused-ring (bicyclic) bond motifs is 3. The number of aromatic carboxylic acids is 1. The molecule has 2 amide bonds. The van der Waals surface area contributed by atoms with Gasteiger partial charge in [0.1, 0.15) is 12.4 Å². The van der Waals surface area contributed by atoms with E-state index in [-0.39, 0.29) is 30.2 Å². The molecule has 1 atom stereocenters. The zero-order valence-corrected chi connectivity index (χ0v) is 19.4. The van der Waals surface area contributed by atoms with Crippen molar-refractivity contribution in [3.8, 4) is 16.9 Å². The molecule has 8 nitrogen and oxygen atoms in total. The lowest BCUT2D eigenvalue weighted by atomic mass is 9.98. The maximum atomic E-state index is 12.5. The highest BCUT2D eigenvalue weighted by Crippen LogP contribution is 2.44. The van der Waals surface area contributed by atoms with Crippen LogP contribution in [0.5, 0.6) is 5.75 Å². The summed E-state index contributed by atoms with van der Waals surface area (Å²) in [6.07, 6.45) is -0.650. The van der Waals surface area contributed by atoms with Gasteiger partial charge < -0.3 is 25.2 Å². The van der Waals surface area contributed by atoms with E-state index in [1.165, 1.54) is 25.3 Å². The average molecular weight is 475 g/mol. The monoisotopic (exact) mass is 474 g/mol. The summed E-state index contributed by atoms with van der Waals surface area (Å²) in [6, 6.07) is 19.8.